The zero-order valence-corrected chi connectivity index (χ0v) is 7.40. The molecule has 0 spiro atoms. The van der Waals surface area contributed by atoms with Gasteiger partial charge in [-0.3, -0.25) is 0 Å². The van der Waals surface area contributed by atoms with E-state index in [1.165, 1.54) is 28.0 Å². The molecule has 11 heavy (non-hydrogen) atoms. The van der Waals surface area contributed by atoms with Gasteiger partial charge < -0.3 is 0 Å². The Labute approximate surface area is 69.8 Å². The van der Waals surface area contributed by atoms with Crippen LogP contribution in [0.4, 0.5) is 0 Å². The van der Waals surface area contributed by atoms with Crippen LogP contribution in [-0.2, 0) is 0 Å². The highest BCUT2D eigenvalue weighted by Crippen LogP contribution is 2.20. The average molecular weight is 163 g/mol. The normalized spacial score (nSPS) is 10.7. The fraction of sp³-hybridized carbons (Fsp3) is 0.222. The molecule has 1 aromatic heterocycles. The number of benzene rings is 1. The van der Waals surface area contributed by atoms with Crippen molar-refractivity contribution in [3.63, 3.8) is 0 Å². The highest BCUT2D eigenvalue weighted by Gasteiger charge is 1.99. The van der Waals surface area contributed by atoms with E-state index in [-0.39, 0.29) is 0 Å². The van der Waals surface area contributed by atoms with Crippen molar-refractivity contribution in [3.8, 4) is 0 Å². The lowest BCUT2D eigenvalue weighted by molar-refractivity contribution is 1.42. The van der Waals surface area contributed by atoms with Crippen molar-refractivity contribution in [3.05, 3.63) is 28.6 Å². The van der Waals surface area contributed by atoms with Crippen LogP contribution in [0, 0.1) is 13.8 Å². The summed E-state index contributed by atoms with van der Waals surface area (Å²) < 4.78 is 4.28. The van der Waals surface area contributed by atoms with Crippen molar-refractivity contribution in [1.82, 2.24) is 4.37 Å². The van der Waals surface area contributed by atoms with Gasteiger partial charge in [0.05, 0.1) is 5.52 Å². The Morgan fingerprint density at radius 2 is 2.09 bits per heavy atom. The highest BCUT2D eigenvalue weighted by molar-refractivity contribution is 7.04. The Morgan fingerprint density at radius 1 is 1.27 bits per heavy atom. The van der Waals surface area contributed by atoms with Crippen LogP contribution in [0.25, 0.3) is 10.9 Å². The van der Waals surface area contributed by atoms with Crippen molar-refractivity contribution < 1.29 is 0 Å². The van der Waals surface area contributed by atoms with Crippen LogP contribution in [0.2, 0.25) is 0 Å². The first-order valence-electron chi connectivity index (χ1n) is 3.59. The number of hydrogen-bond acceptors (Lipinski definition) is 2. The lowest BCUT2D eigenvalue weighted by Gasteiger charge is -1.96. The predicted molar refractivity (Wildman–Crippen MR) is 49.1 cm³/mol. The van der Waals surface area contributed by atoms with Crippen molar-refractivity contribution in [2.45, 2.75) is 13.8 Å². The molecule has 0 aliphatic heterocycles. The molecular formula is C9H9NS. The summed E-state index contributed by atoms with van der Waals surface area (Å²) in [4.78, 5) is 0. The van der Waals surface area contributed by atoms with Crippen molar-refractivity contribution in [2.24, 2.45) is 0 Å². The lowest BCUT2D eigenvalue weighted by Crippen LogP contribution is -1.77. The Kier molecular flexibility index (Phi) is 1.43. The van der Waals surface area contributed by atoms with Gasteiger partial charge in [0.15, 0.2) is 0 Å². The second-order valence-electron chi connectivity index (χ2n) is 2.83. The summed E-state index contributed by atoms with van der Waals surface area (Å²) in [6.45, 7) is 4.23. The summed E-state index contributed by atoms with van der Waals surface area (Å²) in [6.07, 6.45) is 0. The summed E-state index contributed by atoms with van der Waals surface area (Å²) in [5.41, 5.74) is 3.75. The average Bonchev–Trinajstić information content (AvgIpc) is 2.34. The van der Waals surface area contributed by atoms with E-state index in [0.717, 1.165) is 5.52 Å². The Balaban J connectivity index is 2.91. The van der Waals surface area contributed by atoms with E-state index in [9.17, 15) is 0 Å². The second-order valence-corrected chi connectivity index (χ2v) is 3.46. The van der Waals surface area contributed by atoms with Gasteiger partial charge in [0, 0.05) is 10.8 Å². The molecule has 0 saturated heterocycles. The van der Waals surface area contributed by atoms with E-state index in [2.05, 4.69) is 35.7 Å². The van der Waals surface area contributed by atoms with E-state index in [0.29, 0.717) is 0 Å². The molecule has 0 bridgehead atoms. The van der Waals surface area contributed by atoms with Crippen LogP contribution in [0.5, 0.6) is 0 Å². The number of aryl methyl sites for hydroxylation is 2. The molecule has 1 aromatic carbocycles. The molecule has 0 radical (unpaired) electrons. The van der Waals surface area contributed by atoms with E-state index in [4.69, 9.17) is 0 Å². The molecular weight excluding hydrogens is 154 g/mol. The molecule has 56 valence electrons. The molecule has 2 heteroatoms. The number of fused-ring (bicyclic) bond motifs is 1. The Bertz CT molecular complexity index is 389. The quantitative estimate of drug-likeness (QED) is 0.582. The van der Waals surface area contributed by atoms with E-state index >= 15 is 0 Å². The van der Waals surface area contributed by atoms with Gasteiger partial charge in [-0.15, -0.1) is 0 Å². The summed E-state index contributed by atoms with van der Waals surface area (Å²) in [5, 5.41) is 3.39. The molecule has 1 heterocycles. The maximum absolute atomic E-state index is 4.28. The van der Waals surface area contributed by atoms with Gasteiger partial charge >= 0.3 is 0 Å². The molecule has 0 unspecified atom stereocenters. The fourth-order valence-electron chi connectivity index (χ4n) is 1.32. The monoisotopic (exact) mass is 163 g/mol. The molecule has 2 rings (SSSR count). The van der Waals surface area contributed by atoms with Gasteiger partial charge in [0.25, 0.3) is 0 Å². The van der Waals surface area contributed by atoms with Crippen molar-refractivity contribution in [2.75, 3.05) is 0 Å². The maximum atomic E-state index is 4.28. The zero-order valence-electron chi connectivity index (χ0n) is 6.59. The van der Waals surface area contributed by atoms with Crippen LogP contribution in [0.15, 0.2) is 17.5 Å². The van der Waals surface area contributed by atoms with Gasteiger partial charge in [-0.05, 0) is 42.6 Å². The Hall–Kier alpha value is -0.890. The SMILES string of the molecule is Cc1cc(C)c2csnc2c1. The third-order valence-electron chi connectivity index (χ3n) is 1.83. The number of rotatable bonds is 0. The third kappa shape index (κ3) is 1.03. The first-order valence-corrected chi connectivity index (χ1v) is 4.42. The number of nitrogens with zero attached hydrogens (tertiary/aromatic N) is 1. The number of aromatic nitrogens is 1. The first kappa shape index (κ1) is 6.80. The molecule has 0 aliphatic carbocycles. The maximum Gasteiger partial charge on any atom is 0.0846 e. The van der Waals surface area contributed by atoms with Gasteiger partial charge in [-0.1, -0.05) is 6.07 Å². The van der Waals surface area contributed by atoms with Crippen LogP contribution >= 0.6 is 11.5 Å². The minimum Gasteiger partial charge on any atom is -0.193 e. The summed E-state index contributed by atoms with van der Waals surface area (Å²) in [6, 6.07) is 4.32. The van der Waals surface area contributed by atoms with Gasteiger partial charge in [-0.2, -0.15) is 4.37 Å². The summed E-state index contributed by atoms with van der Waals surface area (Å²) >= 11 is 1.53. The molecule has 2 aromatic rings. The van der Waals surface area contributed by atoms with Crippen LogP contribution in [0.1, 0.15) is 11.1 Å². The number of hydrogen-bond donors (Lipinski definition) is 0. The highest BCUT2D eigenvalue weighted by atomic mass is 32.1. The molecule has 0 saturated carbocycles. The Morgan fingerprint density at radius 3 is 2.91 bits per heavy atom. The molecule has 1 nitrogen and oxygen atoms in total. The van der Waals surface area contributed by atoms with E-state index in [1.807, 2.05) is 0 Å². The second kappa shape index (κ2) is 2.31. The van der Waals surface area contributed by atoms with E-state index in [1.54, 1.807) is 0 Å². The first-order chi connectivity index (χ1) is 5.27. The molecule has 0 amide bonds. The predicted octanol–water partition coefficient (Wildman–Crippen LogP) is 2.91. The van der Waals surface area contributed by atoms with Crippen LogP contribution < -0.4 is 0 Å². The fourth-order valence-corrected chi connectivity index (χ4v) is 2.05. The van der Waals surface area contributed by atoms with Gasteiger partial charge in [0.1, 0.15) is 0 Å². The minimum atomic E-state index is 1.13. The van der Waals surface area contributed by atoms with E-state index < -0.39 is 0 Å². The molecule has 0 N–H and O–H groups in total. The minimum absolute atomic E-state index is 1.13. The molecule has 0 aliphatic rings. The lowest BCUT2D eigenvalue weighted by atomic mass is 10.1. The van der Waals surface area contributed by atoms with Gasteiger partial charge in [-0.25, -0.2) is 0 Å². The van der Waals surface area contributed by atoms with Gasteiger partial charge in [0.2, 0.25) is 0 Å². The molecule has 0 fully saturated rings. The van der Waals surface area contributed by atoms with Crippen molar-refractivity contribution in [1.29, 1.82) is 0 Å². The smallest absolute Gasteiger partial charge is 0.0846 e. The topological polar surface area (TPSA) is 12.9 Å². The van der Waals surface area contributed by atoms with Crippen LogP contribution in [-0.4, -0.2) is 4.37 Å². The largest absolute Gasteiger partial charge is 0.193 e. The third-order valence-corrected chi connectivity index (χ3v) is 2.47. The molecule has 0 atom stereocenters. The summed E-state index contributed by atoms with van der Waals surface area (Å²) in [5.74, 6) is 0. The van der Waals surface area contributed by atoms with Crippen LogP contribution in [0.3, 0.4) is 0 Å². The van der Waals surface area contributed by atoms with Crippen molar-refractivity contribution >= 4 is 22.4 Å². The summed E-state index contributed by atoms with van der Waals surface area (Å²) in [7, 11) is 0. The standard InChI is InChI=1S/C9H9NS/c1-6-3-7(2)8-5-11-10-9(8)4-6/h3-5H,1-2H3. The zero-order chi connectivity index (χ0) is 7.84.